The maximum atomic E-state index is 12.5. The number of hydrogen-bond donors (Lipinski definition) is 2. The van der Waals surface area contributed by atoms with Crippen LogP contribution in [0, 0.1) is 0 Å². The van der Waals surface area contributed by atoms with Gasteiger partial charge in [-0.25, -0.2) is 13.2 Å². The fourth-order valence-corrected chi connectivity index (χ4v) is 3.82. The van der Waals surface area contributed by atoms with Crippen molar-refractivity contribution in [3.8, 4) is 0 Å². The first-order valence-electron chi connectivity index (χ1n) is 8.23. The van der Waals surface area contributed by atoms with Gasteiger partial charge in [-0.3, -0.25) is 4.79 Å². The number of amides is 1. The van der Waals surface area contributed by atoms with Crippen LogP contribution >= 0.6 is 0 Å². The summed E-state index contributed by atoms with van der Waals surface area (Å²) in [6.07, 6.45) is 0.125. The molecule has 0 aliphatic rings. The summed E-state index contributed by atoms with van der Waals surface area (Å²) in [5.74, 6) is -2.01. The lowest BCUT2D eigenvalue weighted by molar-refractivity contribution is -0.139. The van der Waals surface area contributed by atoms with Crippen molar-refractivity contribution in [2.24, 2.45) is 0 Å². The molecule has 7 nitrogen and oxygen atoms in total. The number of nitrogens with one attached hydrogen (secondary N) is 1. The van der Waals surface area contributed by atoms with E-state index in [9.17, 15) is 23.1 Å². The molecule has 27 heavy (non-hydrogen) atoms. The van der Waals surface area contributed by atoms with Gasteiger partial charge in [-0.15, -0.1) is 0 Å². The van der Waals surface area contributed by atoms with E-state index in [0.29, 0.717) is 5.56 Å². The van der Waals surface area contributed by atoms with E-state index in [1.165, 1.54) is 31.4 Å². The van der Waals surface area contributed by atoms with E-state index in [0.717, 1.165) is 0 Å². The first kappa shape index (κ1) is 20.6. The predicted molar refractivity (Wildman–Crippen MR) is 99.2 cm³/mol. The second-order valence-electron chi connectivity index (χ2n) is 5.92. The highest BCUT2D eigenvalue weighted by Gasteiger charge is 2.21. The number of aliphatic carboxylic acids is 1. The lowest BCUT2D eigenvalue weighted by Crippen LogP contribution is -2.41. The van der Waals surface area contributed by atoms with Crippen LogP contribution in [0.2, 0.25) is 0 Å². The lowest BCUT2D eigenvalue weighted by atomic mass is 10.1. The second kappa shape index (κ2) is 9.29. The Morgan fingerprint density at radius 1 is 1.11 bits per heavy atom. The van der Waals surface area contributed by atoms with Crippen LogP contribution in [-0.2, 0) is 25.1 Å². The Balaban J connectivity index is 2.14. The molecule has 2 aromatic carbocycles. The molecule has 1 atom stereocenters. The van der Waals surface area contributed by atoms with Crippen molar-refractivity contribution in [2.75, 3.05) is 13.7 Å². The van der Waals surface area contributed by atoms with Gasteiger partial charge in [-0.1, -0.05) is 30.3 Å². The highest BCUT2D eigenvalue weighted by Crippen LogP contribution is 2.17. The van der Waals surface area contributed by atoms with Crippen LogP contribution < -0.4 is 5.32 Å². The summed E-state index contributed by atoms with van der Waals surface area (Å²) in [4.78, 5) is 23.8. The number of methoxy groups -OCH3 is 1. The van der Waals surface area contributed by atoms with Crippen molar-refractivity contribution in [3.63, 3.8) is 0 Å². The van der Waals surface area contributed by atoms with Crippen LogP contribution in [0.15, 0.2) is 59.5 Å². The third-order valence-electron chi connectivity index (χ3n) is 3.86. The second-order valence-corrected chi connectivity index (χ2v) is 7.91. The zero-order valence-corrected chi connectivity index (χ0v) is 15.6. The standard InChI is InChI=1S/C19H21NO6S/c1-26-11-10-17(19(22)23)20-18(21)15-7-5-6-14(12-15)13-27(24,25)16-8-3-2-4-9-16/h2-9,12,17H,10-11,13H2,1H3,(H,20,21)(H,22,23). The van der Waals surface area contributed by atoms with Crippen molar-refractivity contribution in [1.29, 1.82) is 0 Å². The molecule has 2 N–H and O–H groups in total. The molecule has 0 aromatic heterocycles. The van der Waals surface area contributed by atoms with Crippen LogP contribution in [0.5, 0.6) is 0 Å². The lowest BCUT2D eigenvalue weighted by Gasteiger charge is -2.14. The average molecular weight is 391 g/mol. The molecule has 0 aliphatic carbocycles. The fraction of sp³-hybridized carbons (Fsp3) is 0.263. The average Bonchev–Trinajstić information content (AvgIpc) is 2.65. The molecule has 1 amide bonds. The Morgan fingerprint density at radius 2 is 1.81 bits per heavy atom. The van der Waals surface area contributed by atoms with Crippen molar-refractivity contribution in [2.45, 2.75) is 23.1 Å². The molecular weight excluding hydrogens is 370 g/mol. The molecule has 0 spiro atoms. The molecule has 0 saturated carbocycles. The van der Waals surface area contributed by atoms with Crippen molar-refractivity contribution >= 4 is 21.7 Å². The zero-order chi connectivity index (χ0) is 19.9. The summed E-state index contributed by atoms with van der Waals surface area (Å²) >= 11 is 0. The van der Waals surface area contributed by atoms with Gasteiger partial charge in [-0.2, -0.15) is 0 Å². The van der Waals surface area contributed by atoms with Crippen molar-refractivity contribution < 1.29 is 27.9 Å². The zero-order valence-electron chi connectivity index (χ0n) is 14.8. The number of benzene rings is 2. The van der Waals surface area contributed by atoms with Gasteiger partial charge in [0.1, 0.15) is 6.04 Å². The van der Waals surface area contributed by atoms with Crippen LogP contribution in [0.1, 0.15) is 22.3 Å². The number of carboxylic acids is 1. The molecule has 2 rings (SSSR count). The van der Waals surface area contributed by atoms with Crippen LogP contribution in [-0.4, -0.2) is 45.2 Å². The van der Waals surface area contributed by atoms with Gasteiger partial charge in [0.15, 0.2) is 9.84 Å². The molecule has 0 saturated heterocycles. The highest BCUT2D eigenvalue weighted by atomic mass is 32.2. The van der Waals surface area contributed by atoms with E-state index in [-0.39, 0.29) is 29.2 Å². The minimum absolute atomic E-state index is 0.125. The van der Waals surface area contributed by atoms with E-state index < -0.39 is 27.8 Å². The van der Waals surface area contributed by atoms with E-state index in [4.69, 9.17) is 4.74 Å². The molecule has 0 radical (unpaired) electrons. The monoisotopic (exact) mass is 391 g/mol. The Labute approximate surface area is 157 Å². The van der Waals surface area contributed by atoms with Gasteiger partial charge in [0, 0.05) is 25.7 Å². The SMILES string of the molecule is COCCC(NC(=O)c1cccc(CS(=O)(=O)c2ccccc2)c1)C(=O)O. The third kappa shape index (κ3) is 5.90. The highest BCUT2D eigenvalue weighted by molar-refractivity contribution is 7.90. The van der Waals surface area contributed by atoms with Crippen molar-refractivity contribution in [3.05, 3.63) is 65.7 Å². The Morgan fingerprint density at radius 3 is 2.44 bits per heavy atom. The molecule has 0 bridgehead atoms. The quantitative estimate of drug-likeness (QED) is 0.675. The summed E-state index contributed by atoms with van der Waals surface area (Å²) in [6, 6.07) is 13.1. The number of ether oxygens (including phenoxy) is 1. The van der Waals surface area contributed by atoms with Gasteiger partial charge in [0.25, 0.3) is 5.91 Å². The van der Waals surface area contributed by atoms with Crippen LogP contribution in [0.4, 0.5) is 0 Å². The summed E-state index contributed by atoms with van der Waals surface area (Å²) in [5.41, 5.74) is 0.634. The first-order chi connectivity index (χ1) is 12.8. The van der Waals surface area contributed by atoms with E-state index >= 15 is 0 Å². The predicted octanol–water partition coefficient (Wildman–Crippen LogP) is 1.88. The molecule has 0 heterocycles. The van der Waals surface area contributed by atoms with Gasteiger partial charge < -0.3 is 15.2 Å². The fourth-order valence-electron chi connectivity index (χ4n) is 2.47. The Kier molecular flexibility index (Phi) is 7.09. The largest absolute Gasteiger partial charge is 0.480 e. The Bertz CT molecular complexity index is 895. The normalized spacial score (nSPS) is 12.3. The van der Waals surface area contributed by atoms with Gasteiger partial charge >= 0.3 is 5.97 Å². The minimum Gasteiger partial charge on any atom is -0.480 e. The number of sulfone groups is 1. The Hall–Kier alpha value is -2.71. The molecule has 1 unspecified atom stereocenters. The van der Waals surface area contributed by atoms with Crippen LogP contribution in [0.3, 0.4) is 0 Å². The first-order valence-corrected chi connectivity index (χ1v) is 9.88. The molecule has 0 aliphatic heterocycles. The summed E-state index contributed by atoms with van der Waals surface area (Å²) < 4.78 is 29.8. The van der Waals surface area contributed by atoms with E-state index in [2.05, 4.69) is 5.32 Å². The minimum atomic E-state index is -3.55. The molecule has 0 fully saturated rings. The van der Waals surface area contributed by atoms with Crippen molar-refractivity contribution in [1.82, 2.24) is 5.32 Å². The van der Waals surface area contributed by atoms with Gasteiger partial charge in [-0.05, 0) is 29.8 Å². The number of carbonyl (C=O) groups is 2. The van der Waals surface area contributed by atoms with E-state index in [1.54, 1.807) is 30.3 Å². The van der Waals surface area contributed by atoms with Gasteiger partial charge in [0.2, 0.25) is 0 Å². The maximum absolute atomic E-state index is 12.5. The summed E-state index contributed by atoms with van der Waals surface area (Å²) in [5, 5.41) is 11.6. The summed E-state index contributed by atoms with van der Waals surface area (Å²) in [7, 11) is -2.10. The number of carbonyl (C=O) groups excluding carboxylic acids is 1. The molecule has 8 heteroatoms. The number of carboxylic acid groups (broad SMARTS) is 1. The van der Waals surface area contributed by atoms with Crippen LogP contribution in [0.25, 0.3) is 0 Å². The topological polar surface area (TPSA) is 110 Å². The number of rotatable bonds is 9. The molecular formula is C19H21NO6S. The maximum Gasteiger partial charge on any atom is 0.326 e. The molecule has 2 aromatic rings. The molecule has 144 valence electrons. The summed E-state index contributed by atoms with van der Waals surface area (Å²) in [6.45, 7) is 0.187. The third-order valence-corrected chi connectivity index (χ3v) is 5.57. The van der Waals surface area contributed by atoms with E-state index in [1.807, 2.05) is 0 Å². The number of hydrogen-bond acceptors (Lipinski definition) is 5. The smallest absolute Gasteiger partial charge is 0.326 e. The van der Waals surface area contributed by atoms with Gasteiger partial charge in [0.05, 0.1) is 10.6 Å².